The number of primary amides is 1. The lowest BCUT2D eigenvalue weighted by Gasteiger charge is -2.30. The van der Waals surface area contributed by atoms with Gasteiger partial charge in [-0.15, -0.1) is 0 Å². The van der Waals surface area contributed by atoms with Crippen LogP contribution < -0.4 is 70.4 Å². The van der Waals surface area contributed by atoms with E-state index < -0.39 is 195 Å². The highest BCUT2D eigenvalue weighted by Crippen LogP contribution is 2.22. The standard InChI is InChI=1S/C70H92N16O20/c1-36(2)27-53(69(105)106)83-65(101)52(32-57(72)92)82-61(97)48(23-24-58(93)94)78-63(99)50(29-38-13-19-42(90)20-14-38)80-64(100)51(30-39-15-21-43(91)22-16-39)81-66(102)54(34-87)84-67(103)56-10-6-26-86(56)68(104)55(35-88)85-60(96)47(9-5-25-75-70(73)74)77-62(98)49(28-37-11-17-41(89)18-12-37)79-59(95)45(71)31-40-33-76-46-8-4-3-7-44(40)46/h3-4,7-8,11-22,33,36,45,47-56,76,87-91H,5-6,9-10,23-32,34-35,71H2,1-2H3,(H2,72,92)(H,77,98)(H,78,99)(H,79,95)(H,80,100)(H,81,102)(H,82,97)(H,83,101)(H,84,103)(H,85,96)(H,93,94)(H,105,106)(H4,73,74,75)/t45-,47-,48-,49-,50-,51-,52-,53-,54-,55-,56-/m0/s1. The third-order valence-corrected chi connectivity index (χ3v) is 17.2. The molecule has 36 nitrogen and oxygen atoms in total. The van der Waals surface area contributed by atoms with Crippen LogP contribution in [-0.4, -0.2) is 221 Å². The number of guanidine groups is 1. The van der Waals surface area contributed by atoms with Gasteiger partial charge in [0.25, 0.3) is 0 Å². The Bertz CT molecular complexity index is 3930. The quantitative estimate of drug-likeness (QED) is 0.0102. The first-order valence-corrected chi connectivity index (χ1v) is 34.0. The molecule has 11 amide bonds. The van der Waals surface area contributed by atoms with E-state index in [1.54, 1.807) is 20.0 Å². The highest BCUT2D eigenvalue weighted by molar-refractivity contribution is 6.00. The molecule has 11 atom stereocenters. The van der Waals surface area contributed by atoms with E-state index in [0.717, 1.165) is 21.4 Å². The normalized spacial score (nSPS) is 15.4. The first-order valence-electron chi connectivity index (χ1n) is 34.0. The molecule has 572 valence electrons. The molecular weight excluding hydrogens is 1380 g/mol. The van der Waals surface area contributed by atoms with E-state index in [-0.39, 0.29) is 92.3 Å². The number of aromatic amines is 1. The van der Waals surface area contributed by atoms with Crippen molar-refractivity contribution in [2.75, 3.05) is 26.3 Å². The number of carbonyl (C=O) groups is 13. The molecule has 0 unspecified atom stereocenters. The number of aliphatic hydroxyl groups excluding tert-OH is 2. The lowest BCUT2D eigenvalue weighted by atomic mass is 10.0. The summed E-state index contributed by atoms with van der Waals surface area (Å²) in [5, 5.41) is 104. The van der Waals surface area contributed by atoms with E-state index in [1.807, 2.05) is 24.3 Å². The van der Waals surface area contributed by atoms with Crippen LogP contribution in [0.4, 0.5) is 0 Å². The number of phenols is 3. The third-order valence-electron chi connectivity index (χ3n) is 17.2. The zero-order chi connectivity index (χ0) is 77.9. The van der Waals surface area contributed by atoms with Gasteiger partial charge in [0.05, 0.1) is 25.7 Å². The number of aliphatic carboxylic acids is 2. The Labute approximate surface area is 607 Å². The van der Waals surface area contributed by atoms with Gasteiger partial charge in [0.2, 0.25) is 65.0 Å². The highest BCUT2D eigenvalue weighted by atomic mass is 16.4. The molecule has 4 aromatic carbocycles. The number of carboxylic acids is 2. The maximum atomic E-state index is 14.7. The number of fused-ring (bicyclic) bond motifs is 1. The van der Waals surface area contributed by atoms with E-state index >= 15 is 0 Å². The average molecular weight is 1480 g/mol. The van der Waals surface area contributed by atoms with Crippen LogP contribution in [0.15, 0.2) is 103 Å². The molecule has 0 radical (unpaired) electrons. The molecular formula is C70H92N16O20. The monoisotopic (exact) mass is 1480 g/mol. The third kappa shape index (κ3) is 25.8. The van der Waals surface area contributed by atoms with Crippen molar-refractivity contribution in [1.29, 1.82) is 5.41 Å². The fourth-order valence-corrected chi connectivity index (χ4v) is 11.6. The molecule has 36 heteroatoms. The van der Waals surface area contributed by atoms with E-state index in [2.05, 4.69) is 58.2 Å². The van der Waals surface area contributed by atoms with Crippen LogP contribution in [-0.2, 0) is 88.0 Å². The van der Waals surface area contributed by atoms with Gasteiger partial charge in [-0.25, -0.2) is 4.79 Å². The van der Waals surface area contributed by atoms with Gasteiger partial charge in [0, 0.05) is 55.9 Å². The molecule has 25 N–H and O–H groups in total. The van der Waals surface area contributed by atoms with Crippen molar-refractivity contribution < 1.29 is 98.1 Å². The number of phenolic OH excluding ortho intramolecular Hbond substituents is 3. The van der Waals surface area contributed by atoms with E-state index in [4.69, 9.17) is 22.6 Å². The number of carboxylic acid groups (broad SMARTS) is 2. The largest absolute Gasteiger partial charge is 0.508 e. The number of nitrogens with zero attached hydrogens (tertiary/aromatic N) is 1. The van der Waals surface area contributed by atoms with Crippen LogP contribution in [0.3, 0.4) is 0 Å². The first kappa shape index (κ1) is 83.0. The minimum Gasteiger partial charge on any atom is -0.508 e. The summed E-state index contributed by atoms with van der Waals surface area (Å²) in [7, 11) is 0. The second-order valence-electron chi connectivity index (χ2n) is 25.9. The SMILES string of the molecule is CC(C)C[C@H](NC(=O)[C@H](CC(N)=O)NC(=O)[C@H](CCC(=O)O)NC(=O)[C@H](Cc1ccc(O)cc1)NC(=O)[C@H](Cc1ccc(O)cc1)NC(=O)[C@H](CO)NC(=O)[C@@H]1CCCN1C(=O)[C@H](CO)NC(=O)[C@H](CCCNC(=N)N)NC(=O)[C@H](Cc1ccc(O)cc1)NC(=O)[C@@H](N)Cc1c[nH]c2ccccc12)C(=O)O. The summed E-state index contributed by atoms with van der Waals surface area (Å²) in [4.78, 5) is 183. The number of hydrogen-bond acceptors (Lipinski definition) is 20. The average Bonchev–Trinajstić information content (AvgIpc) is 1.66. The van der Waals surface area contributed by atoms with Crippen molar-refractivity contribution in [2.45, 2.75) is 157 Å². The van der Waals surface area contributed by atoms with E-state index in [1.165, 1.54) is 72.8 Å². The summed E-state index contributed by atoms with van der Waals surface area (Å²) in [5.74, 6) is -15.8. The number of benzene rings is 4. The number of H-pyrrole nitrogens is 1. The van der Waals surface area contributed by atoms with E-state index in [0.29, 0.717) is 5.56 Å². The van der Waals surface area contributed by atoms with Crippen LogP contribution in [0, 0.1) is 11.3 Å². The molecule has 1 aliphatic heterocycles. The molecule has 1 aliphatic rings. The molecule has 1 saturated heterocycles. The molecule has 2 heterocycles. The van der Waals surface area contributed by atoms with Crippen LogP contribution >= 0.6 is 0 Å². The molecule has 0 saturated carbocycles. The number of amides is 11. The summed E-state index contributed by atoms with van der Waals surface area (Å²) in [5.41, 5.74) is 19.9. The van der Waals surface area contributed by atoms with Gasteiger partial charge < -0.3 is 116 Å². The number of aromatic nitrogens is 1. The van der Waals surface area contributed by atoms with Crippen molar-refractivity contribution in [1.82, 2.24) is 63.1 Å². The van der Waals surface area contributed by atoms with Gasteiger partial charge in [-0.2, -0.15) is 0 Å². The van der Waals surface area contributed by atoms with Crippen molar-refractivity contribution >= 4 is 93.8 Å². The second kappa shape index (κ2) is 40.2. The van der Waals surface area contributed by atoms with Crippen molar-refractivity contribution in [2.24, 2.45) is 23.1 Å². The smallest absolute Gasteiger partial charge is 0.326 e. The minimum absolute atomic E-state index is 0.0244. The lowest BCUT2D eigenvalue weighted by Crippen LogP contribution is -2.61. The topological polar surface area (TPSA) is 605 Å². The number of para-hydroxylation sites is 1. The summed E-state index contributed by atoms with van der Waals surface area (Å²) in [6.07, 6.45) is -1.70. The number of hydrogen-bond donors (Lipinski definition) is 22. The summed E-state index contributed by atoms with van der Waals surface area (Å²) >= 11 is 0. The number of carbonyl (C=O) groups excluding carboxylic acids is 11. The number of nitrogens with two attached hydrogens (primary N) is 3. The number of likely N-dealkylation sites (tertiary alicyclic amines) is 1. The summed E-state index contributed by atoms with van der Waals surface area (Å²) in [6.45, 7) is 1.03. The number of aliphatic hydroxyl groups is 2. The van der Waals surface area contributed by atoms with Crippen LogP contribution in [0.25, 0.3) is 10.9 Å². The molecule has 1 fully saturated rings. The van der Waals surface area contributed by atoms with Gasteiger partial charge in [-0.1, -0.05) is 68.4 Å². The molecule has 1 aromatic heterocycles. The molecule has 6 rings (SSSR count). The highest BCUT2D eigenvalue weighted by Gasteiger charge is 2.41. The van der Waals surface area contributed by atoms with Crippen molar-refractivity contribution in [3.05, 3.63) is 126 Å². The molecule has 5 aromatic rings. The summed E-state index contributed by atoms with van der Waals surface area (Å²) < 4.78 is 0. The van der Waals surface area contributed by atoms with Crippen LogP contribution in [0.1, 0.15) is 87.5 Å². The van der Waals surface area contributed by atoms with Crippen molar-refractivity contribution in [3.8, 4) is 17.2 Å². The predicted molar refractivity (Wildman–Crippen MR) is 379 cm³/mol. The van der Waals surface area contributed by atoms with Gasteiger partial charge in [0.15, 0.2) is 5.96 Å². The Morgan fingerprint density at radius 3 is 1.44 bits per heavy atom. The Kier molecular flexibility index (Phi) is 31.5. The van der Waals surface area contributed by atoms with Gasteiger partial charge in [-0.3, -0.25) is 62.9 Å². The number of rotatable bonds is 41. The Morgan fingerprint density at radius 2 is 0.972 bits per heavy atom. The molecule has 0 bridgehead atoms. The molecule has 0 spiro atoms. The first-order chi connectivity index (χ1) is 50.3. The van der Waals surface area contributed by atoms with Gasteiger partial charge in [-0.05, 0) is 116 Å². The fraction of sp³-hybridized carbons (Fsp3) is 0.429. The maximum Gasteiger partial charge on any atom is 0.326 e. The van der Waals surface area contributed by atoms with E-state index in [9.17, 15) is 98.1 Å². The Hall–Kier alpha value is -11.9. The Morgan fingerprint density at radius 1 is 0.538 bits per heavy atom. The lowest BCUT2D eigenvalue weighted by molar-refractivity contribution is -0.143. The van der Waals surface area contributed by atoms with Crippen molar-refractivity contribution in [3.63, 3.8) is 0 Å². The number of aromatic hydroxyl groups is 3. The van der Waals surface area contributed by atoms with Crippen LogP contribution in [0.2, 0.25) is 0 Å². The minimum atomic E-state index is -1.90. The zero-order valence-corrected chi connectivity index (χ0v) is 58.2. The number of nitrogens with one attached hydrogen (secondary N) is 12. The fourth-order valence-electron chi connectivity index (χ4n) is 11.6. The van der Waals surface area contributed by atoms with Gasteiger partial charge in [0.1, 0.15) is 77.7 Å². The summed E-state index contributed by atoms with van der Waals surface area (Å²) in [6, 6.07) is 5.65. The predicted octanol–water partition coefficient (Wildman–Crippen LogP) is -3.64. The zero-order valence-electron chi connectivity index (χ0n) is 58.2. The second-order valence-corrected chi connectivity index (χ2v) is 25.9. The van der Waals surface area contributed by atoms with Gasteiger partial charge >= 0.3 is 11.9 Å². The van der Waals surface area contributed by atoms with Crippen LogP contribution in [0.5, 0.6) is 17.2 Å². The maximum absolute atomic E-state index is 14.7. The molecule has 106 heavy (non-hydrogen) atoms. The molecule has 0 aliphatic carbocycles. The Balaban J connectivity index is 1.19.